The zero-order chi connectivity index (χ0) is 14.5. The Labute approximate surface area is 117 Å². The highest BCUT2D eigenvalue weighted by Crippen LogP contribution is 2.30. The van der Waals surface area contributed by atoms with E-state index in [9.17, 15) is 9.90 Å². The molecule has 0 aliphatic heterocycles. The lowest BCUT2D eigenvalue weighted by Crippen LogP contribution is -2.03. The van der Waals surface area contributed by atoms with Crippen molar-refractivity contribution < 1.29 is 14.6 Å². The van der Waals surface area contributed by atoms with Gasteiger partial charge in [0.05, 0.1) is 12.8 Å². The number of benzene rings is 1. The lowest BCUT2D eigenvalue weighted by molar-refractivity contribution is 0.0597. The Bertz CT molecular complexity index is 609. The molecular weight excluding hydrogens is 256 g/mol. The number of hydrogen-bond acceptors (Lipinski definition) is 5. The van der Waals surface area contributed by atoms with Gasteiger partial charge < -0.3 is 15.2 Å². The van der Waals surface area contributed by atoms with Gasteiger partial charge in [0, 0.05) is 6.20 Å². The number of carbonyl (C=O) groups excluding carboxylic acids is 1. The summed E-state index contributed by atoms with van der Waals surface area (Å²) in [6, 6.07) is 8.60. The van der Waals surface area contributed by atoms with Crippen molar-refractivity contribution in [3.63, 3.8) is 0 Å². The molecular formula is C15H16N2O3. The molecule has 104 valence electrons. The molecule has 5 nitrogen and oxygen atoms in total. The largest absolute Gasteiger partial charge is 0.505 e. The summed E-state index contributed by atoms with van der Waals surface area (Å²) in [6.07, 6.45) is 2.68. The van der Waals surface area contributed by atoms with Crippen molar-refractivity contribution in [3.05, 3.63) is 47.7 Å². The van der Waals surface area contributed by atoms with Crippen LogP contribution < -0.4 is 5.32 Å². The van der Waals surface area contributed by atoms with E-state index in [1.54, 1.807) is 18.3 Å². The van der Waals surface area contributed by atoms with Gasteiger partial charge in [-0.1, -0.05) is 19.1 Å². The molecule has 2 aromatic rings. The molecule has 0 aliphatic rings. The predicted octanol–water partition coefficient (Wildman–Crippen LogP) is 2.88. The number of anilines is 2. The molecule has 0 aliphatic carbocycles. The van der Waals surface area contributed by atoms with Gasteiger partial charge in [0.2, 0.25) is 0 Å². The van der Waals surface area contributed by atoms with Crippen LogP contribution in [0.5, 0.6) is 5.75 Å². The first kappa shape index (κ1) is 13.9. The number of para-hydroxylation sites is 1. The van der Waals surface area contributed by atoms with Gasteiger partial charge in [-0.15, -0.1) is 0 Å². The number of pyridine rings is 1. The SMILES string of the molecule is CCc1ccc(Nc2cccc(C(=O)OC)c2O)nc1. The summed E-state index contributed by atoms with van der Waals surface area (Å²) in [4.78, 5) is 15.7. The Hall–Kier alpha value is -2.56. The number of carbonyl (C=O) groups is 1. The molecule has 0 saturated heterocycles. The third kappa shape index (κ3) is 2.88. The first-order valence-electron chi connectivity index (χ1n) is 6.28. The van der Waals surface area contributed by atoms with Crippen LogP contribution in [-0.2, 0) is 11.2 Å². The monoisotopic (exact) mass is 272 g/mol. The fraction of sp³-hybridized carbons (Fsp3) is 0.200. The first-order chi connectivity index (χ1) is 9.65. The highest BCUT2D eigenvalue weighted by molar-refractivity contribution is 5.94. The molecule has 2 rings (SSSR count). The number of esters is 1. The quantitative estimate of drug-likeness (QED) is 0.661. The van der Waals surface area contributed by atoms with E-state index in [-0.39, 0.29) is 11.3 Å². The van der Waals surface area contributed by atoms with Crippen molar-refractivity contribution in [3.8, 4) is 5.75 Å². The maximum Gasteiger partial charge on any atom is 0.341 e. The highest BCUT2D eigenvalue weighted by atomic mass is 16.5. The molecule has 1 aromatic heterocycles. The summed E-state index contributed by atoms with van der Waals surface area (Å²) in [5, 5.41) is 13.0. The molecule has 5 heteroatoms. The zero-order valence-corrected chi connectivity index (χ0v) is 11.4. The Morgan fingerprint density at radius 2 is 2.15 bits per heavy atom. The minimum atomic E-state index is -0.583. The van der Waals surface area contributed by atoms with Crippen molar-refractivity contribution in [2.45, 2.75) is 13.3 Å². The van der Waals surface area contributed by atoms with Gasteiger partial charge in [0.1, 0.15) is 11.4 Å². The number of hydrogen-bond donors (Lipinski definition) is 2. The van der Waals surface area contributed by atoms with Gasteiger partial charge in [-0.2, -0.15) is 0 Å². The van der Waals surface area contributed by atoms with Gasteiger partial charge in [0.25, 0.3) is 0 Å². The van der Waals surface area contributed by atoms with Gasteiger partial charge in [-0.25, -0.2) is 9.78 Å². The molecule has 0 saturated carbocycles. The predicted molar refractivity (Wildman–Crippen MR) is 76.3 cm³/mol. The zero-order valence-electron chi connectivity index (χ0n) is 11.4. The molecule has 20 heavy (non-hydrogen) atoms. The summed E-state index contributed by atoms with van der Waals surface area (Å²) < 4.78 is 4.61. The van der Waals surface area contributed by atoms with E-state index in [0.717, 1.165) is 12.0 Å². The molecule has 1 heterocycles. The number of methoxy groups -OCH3 is 1. The number of rotatable bonds is 4. The maximum atomic E-state index is 11.5. The van der Waals surface area contributed by atoms with Crippen LogP contribution in [-0.4, -0.2) is 23.2 Å². The number of phenols is 1. The number of aryl methyl sites for hydroxylation is 1. The number of phenolic OH excluding ortho intramolecular Hbond substituents is 1. The van der Waals surface area contributed by atoms with E-state index in [1.807, 2.05) is 12.1 Å². The van der Waals surface area contributed by atoms with E-state index >= 15 is 0 Å². The minimum Gasteiger partial charge on any atom is -0.505 e. The highest BCUT2D eigenvalue weighted by Gasteiger charge is 2.14. The summed E-state index contributed by atoms with van der Waals surface area (Å²) in [7, 11) is 1.27. The topological polar surface area (TPSA) is 71.5 Å². The fourth-order valence-corrected chi connectivity index (χ4v) is 1.76. The summed E-state index contributed by atoms with van der Waals surface area (Å²) >= 11 is 0. The second-order valence-electron chi connectivity index (χ2n) is 4.22. The smallest absolute Gasteiger partial charge is 0.341 e. The molecule has 0 atom stereocenters. The minimum absolute atomic E-state index is 0.114. The van der Waals surface area contributed by atoms with Gasteiger partial charge >= 0.3 is 5.97 Å². The van der Waals surface area contributed by atoms with E-state index in [4.69, 9.17) is 0 Å². The molecule has 0 unspecified atom stereocenters. The van der Waals surface area contributed by atoms with Crippen LogP contribution in [0.15, 0.2) is 36.5 Å². The fourth-order valence-electron chi connectivity index (χ4n) is 1.76. The summed E-state index contributed by atoms with van der Waals surface area (Å²) in [5.74, 6) is -0.138. The number of nitrogens with zero attached hydrogens (tertiary/aromatic N) is 1. The molecule has 1 aromatic carbocycles. The number of aromatic hydroxyl groups is 1. The maximum absolute atomic E-state index is 11.5. The first-order valence-corrected chi connectivity index (χ1v) is 6.28. The molecule has 0 radical (unpaired) electrons. The van der Waals surface area contributed by atoms with Crippen LogP contribution in [0.3, 0.4) is 0 Å². The number of ether oxygens (including phenoxy) is 1. The van der Waals surface area contributed by atoms with Crippen LogP contribution in [0.1, 0.15) is 22.8 Å². The summed E-state index contributed by atoms with van der Waals surface area (Å²) in [5.41, 5.74) is 1.65. The third-order valence-electron chi connectivity index (χ3n) is 2.94. The normalized spacial score (nSPS) is 10.1. The van der Waals surface area contributed by atoms with Gasteiger partial charge in [-0.3, -0.25) is 0 Å². The van der Waals surface area contributed by atoms with Crippen LogP contribution in [0, 0.1) is 0 Å². The van der Waals surface area contributed by atoms with E-state index in [2.05, 4.69) is 22.0 Å². The average Bonchev–Trinajstić information content (AvgIpc) is 2.49. The van der Waals surface area contributed by atoms with Crippen molar-refractivity contribution in [2.24, 2.45) is 0 Å². The van der Waals surface area contributed by atoms with E-state index in [0.29, 0.717) is 11.5 Å². The Balaban J connectivity index is 2.26. The van der Waals surface area contributed by atoms with Gasteiger partial charge in [0.15, 0.2) is 5.75 Å². The van der Waals surface area contributed by atoms with Crippen LogP contribution in [0.2, 0.25) is 0 Å². The number of nitrogens with one attached hydrogen (secondary N) is 1. The van der Waals surface area contributed by atoms with Crippen molar-refractivity contribution in [1.82, 2.24) is 4.98 Å². The average molecular weight is 272 g/mol. The lowest BCUT2D eigenvalue weighted by Gasteiger charge is -2.10. The molecule has 0 bridgehead atoms. The second kappa shape index (κ2) is 6.06. The van der Waals surface area contributed by atoms with Crippen molar-refractivity contribution >= 4 is 17.5 Å². The Morgan fingerprint density at radius 1 is 1.35 bits per heavy atom. The van der Waals surface area contributed by atoms with Gasteiger partial charge in [-0.05, 0) is 30.2 Å². The van der Waals surface area contributed by atoms with Crippen LogP contribution in [0.4, 0.5) is 11.5 Å². The standard InChI is InChI=1S/C15H16N2O3/c1-3-10-7-8-13(16-9-10)17-12-6-4-5-11(14(12)18)15(19)20-2/h4-9,18H,3H2,1-2H3,(H,16,17). The van der Waals surface area contributed by atoms with E-state index in [1.165, 1.54) is 13.2 Å². The van der Waals surface area contributed by atoms with Crippen molar-refractivity contribution in [2.75, 3.05) is 12.4 Å². The number of aromatic nitrogens is 1. The summed E-state index contributed by atoms with van der Waals surface area (Å²) in [6.45, 7) is 2.05. The molecule has 0 amide bonds. The second-order valence-corrected chi connectivity index (χ2v) is 4.22. The third-order valence-corrected chi connectivity index (χ3v) is 2.94. The van der Waals surface area contributed by atoms with Crippen LogP contribution in [0.25, 0.3) is 0 Å². The van der Waals surface area contributed by atoms with Crippen molar-refractivity contribution in [1.29, 1.82) is 0 Å². The van der Waals surface area contributed by atoms with E-state index < -0.39 is 5.97 Å². The lowest BCUT2D eigenvalue weighted by atomic mass is 10.1. The Kier molecular flexibility index (Phi) is 4.20. The molecule has 0 fully saturated rings. The van der Waals surface area contributed by atoms with Crippen LogP contribution >= 0.6 is 0 Å². The Morgan fingerprint density at radius 3 is 2.75 bits per heavy atom. The molecule has 2 N–H and O–H groups in total. The molecule has 0 spiro atoms.